The maximum absolute atomic E-state index is 12.7. The zero-order valence-electron chi connectivity index (χ0n) is 16.1. The fourth-order valence-electron chi connectivity index (χ4n) is 4.22. The molecule has 24 heavy (non-hydrogen) atoms. The Bertz CT molecular complexity index is 402. The average Bonchev–Trinajstić information content (AvgIpc) is 2.87. The molecule has 0 aromatic rings. The van der Waals surface area contributed by atoms with Gasteiger partial charge in [0.1, 0.15) is 0 Å². The van der Waals surface area contributed by atoms with E-state index in [1.54, 1.807) is 4.90 Å². The molecule has 0 aromatic heterocycles. The lowest BCUT2D eigenvalue weighted by atomic mass is 10.2. The highest BCUT2D eigenvalue weighted by Crippen LogP contribution is 2.26. The van der Waals surface area contributed by atoms with Crippen LogP contribution in [-0.2, 0) is 4.79 Å². The van der Waals surface area contributed by atoms with Gasteiger partial charge in [0.05, 0.1) is 12.1 Å². The van der Waals surface area contributed by atoms with Crippen molar-refractivity contribution in [2.75, 3.05) is 53.4 Å². The predicted molar refractivity (Wildman–Crippen MR) is 97.0 cm³/mol. The first-order chi connectivity index (χ1) is 11.3. The summed E-state index contributed by atoms with van der Waals surface area (Å²) in [5.41, 5.74) is 0. The summed E-state index contributed by atoms with van der Waals surface area (Å²) in [6, 6.07) is 0.809. The van der Waals surface area contributed by atoms with Crippen LogP contribution in [0.2, 0.25) is 0 Å². The third-order valence-corrected chi connectivity index (χ3v) is 5.75. The number of likely N-dealkylation sites (N-methyl/N-ethyl adjacent to an activating group) is 2. The summed E-state index contributed by atoms with van der Waals surface area (Å²) >= 11 is 0. The number of carbonyl (C=O) groups excluding carboxylic acids is 1. The number of nitrogens with zero attached hydrogens (tertiary/aromatic N) is 4. The van der Waals surface area contributed by atoms with Gasteiger partial charge in [0.25, 0.3) is 0 Å². The van der Waals surface area contributed by atoms with E-state index in [4.69, 9.17) is 0 Å². The summed E-state index contributed by atoms with van der Waals surface area (Å²) in [4.78, 5) is 21.4. The van der Waals surface area contributed by atoms with Gasteiger partial charge in [-0.15, -0.1) is 0 Å². The van der Waals surface area contributed by atoms with E-state index in [1.165, 1.54) is 0 Å². The number of aliphatic hydroxyl groups excluding tert-OH is 1. The fourth-order valence-corrected chi connectivity index (χ4v) is 4.22. The summed E-state index contributed by atoms with van der Waals surface area (Å²) in [6.45, 7) is 11.5. The Balaban J connectivity index is 1.80. The Kier molecular flexibility index (Phi) is 7.04. The van der Waals surface area contributed by atoms with Gasteiger partial charge in [0.2, 0.25) is 5.91 Å². The molecule has 0 radical (unpaired) electrons. The fraction of sp³-hybridized carbons (Fsp3) is 0.944. The Morgan fingerprint density at radius 3 is 2.25 bits per heavy atom. The molecule has 0 bridgehead atoms. The largest absolute Gasteiger partial charge is 0.390 e. The van der Waals surface area contributed by atoms with E-state index in [2.05, 4.69) is 35.6 Å². The molecular weight excluding hydrogens is 304 g/mol. The van der Waals surface area contributed by atoms with Crippen LogP contribution in [0.25, 0.3) is 0 Å². The Morgan fingerprint density at radius 1 is 1.17 bits per heavy atom. The maximum Gasteiger partial charge on any atom is 0.239 e. The molecule has 0 saturated carbocycles. The van der Waals surface area contributed by atoms with Gasteiger partial charge in [0, 0.05) is 58.4 Å². The van der Waals surface area contributed by atoms with E-state index in [9.17, 15) is 9.90 Å². The number of hydrogen-bond donors (Lipinski definition) is 1. The van der Waals surface area contributed by atoms with E-state index in [-0.39, 0.29) is 11.9 Å². The molecule has 2 aliphatic rings. The minimum Gasteiger partial charge on any atom is -0.390 e. The highest BCUT2D eigenvalue weighted by molar-refractivity contribution is 5.81. The lowest BCUT2D eigenvalue weighted by Crippen LogP contribution is -2.52. The zero-order valence-corrected chi connectivity index (χ0v) is 16.1. The standard InChI is InChI=1S/C18H36N4O2/c1-14-6-7-15(2)22(14)16(3)18(24)20(5)12-17(23)13-21-10-8-19(4)9-11-21/h14-17,23H,6-13H2,1-5H3. The van der Waals surface area contributed by atoms with Crippen LogP contribution in [-0.4, -0.2) is 108 Å². The van der Waals surface area contributed by atoms with Crippen molar-refractivity contribution in [2.45, 2.75) is 57.8 Å². The van der Waals surface area contributed by atoms with Crippen LogP contribution in [0.3, 0.4) is 0 Å². The first-order valence-electron chi connectivity index (χ1n) is 9.41. The number of likely N-dealkylation sites (tertiary alicyclic amines) is 1. The van der Waals surface area contributed by atoms with Gasteiger partial charge in [0.15, 0.2) is 0 Å². The monoisotopic (exact) mass is 340 g/mol. The molecule has 4 unspecified atom stereocenters. The van der Waals surface area contributed by atoms with Gasteiger partial charge in [-0.25, -0.2) is 0 Å². The topological polar surface area (TPSA) is 50.3 Å². The molecule has 6 heteroatoms. The molecule has 0 spiro atoms. The van der Waals surface area contributed by atoms with Crippen molar-refractivity contribution in [3.63, 3.8) is 0 Å². The Labute approximate surface area is 147 Å². The number of carbonyl (C=O) groups is 1. The summed E-state index contributed by atoms with van der Waals surface area (Å²) in [7, 11) is 3.94. The lowest BCUT2D eigenvalue weighted by molar-refractivity contribution is -0.137. The highest BCUT2D eigenvalue weighted by atomic mass is 16.3. The molecule has 0 aromatic carbocycles. The van der Waals surface area contributed by atoms with E-state index in [0.717, 1.165) is 39.0 Å². The van der Waals surface area contributed by atoms with Crippen molar-refractivity contribution in [2.24, 2.45) is 0 Å². The van der Waals surface area contributed by atoms with Crippen molar-refractivity contribution >= 4 is 5.91 Å². The first-order valence-corrected chi connectivity index (χ1v) is 9.41. The van der Waals surface area contributed by atoms with E-state index in [0.29, 0.717) is 25.2 Å². The Hall–Kier alpha value is -0.690. The molecule has 1 N–H and O–H groups in total. The SMILES string of the molecule is CC1CCC(C)N1C(C)C(=O)N(C)CC(O)CN1CCN(C)CC1. The molecule has 6 nitrogen and oxygen atoms in total. The number of amides is 1. The third kappa shape index (κ3) is 4.91. The number of rotatable bonds is 6. The van der Waals surface area contributed by atoms with Crippen LogP contribution < -0.4 is 0 Å². The minimum atomic E-state index is -0.483. The molecule has 2 rings (SSSR count). The molecule has 2 fully saturated rings. The van der Waals surface area contributed by atoms with Gasteiger partial charge in [-0.2, -0.15) is 0 Å². The molecule has 2 aliphatic heterocycles. The van der Waals surface area contributed by atoms with Crippen LogP contribution in [0, 0.1) is 0 Å². The number of aliphatic hydroxyl groups is 1. The van der Waals surface area contributed by atoms with Gasteiger partial charge in [-0.1, -0.05) is 0 Å². The molecule has 0 aliphatic carbocycles. The van der Waals surface area contributed by atoms with Crippen molar-refractivity contribution in [3.05, 3.63) is 0 Å². The summed E-state index contributed by atoms with van der Waals surface area (Å²) in [5, 5.41) is 10.4. The average molecular weight is 341 g/mol. The minimum absolute atomic E-state index is 0.113. The molecule has 4 atom stereocenters. The molecule has 140 valence electrons. The van der Waals surface area contributed by atoms with Crippen LogP contribution >= 0.6 is 0 Å². The summed E-state index contributed by atoms with van der Waals surface area (Å²) in [6.07, 6.45) is 1.84. The van der Waals surface area contributed by atoms with Gasteiger partial charge in [-0.3, -0.25) is 14.6 Å². The maximum atomic E-state index is 12.7. The lowest BCUT2D eigenvalue weighted by Gasteiger charge is -2.36. The van der Waals surface area contributed by atoms with Crippen molar-refractivity contribution < 1.29 is 9.90 Å². The first kappa shape index (κ1) is 19.6. The van der Waals surface area contributed by atoms with Crippen LogP contribution in [0.4, 0.5) is 0 Å². The number of β-amino-alcohol motifs (C(OH)–C–C–N with tert-alkyl or cyclic N) is 1. The van der Waals surface area contributed by atoms with E-state index >= 15 is 0 Å². The van der Waals surface area contributed by atoms with Crippen molar-refractivity contribution in [1.29, 1.82) is 0 Å². The summed E-state index contributed by atoms with van der Waals surface area (Å²) < 4.78 is 0. The molecule has 2 heterocycles. The summed E-state index contributed by atoms with van der Waals surface area (Å²) in [5.74, 6) is 0.119. The number of piperazine rings is 1. The highest BCUT2D eigenvalue weighted by Gasteiger charge is 2.35. The molecular formula is C18H36N4O2. The Morgan fingerprint density at radius 2 is 1.71 bits per heavy atom. The predicted octanol–water partition coefficient (Wildman–Crippen LogP) is 0.314. The van der Waals surface area contributed by atoms with Gasteiger partial charge < -0.3 is 14.9 Å². The zero-order chi connectivity index (χ0) is 17.9. The van der Waals surface area contributed by atoms with Crippen LogP contribution in [0.1, 0.15) is 33.6 Å². The van der Waals surface area contributed by atoms with Crippen LogP contribution in [0.5, 0.6) is 0 Å². The quantitative estimate of drug-likeness (QED) is 0.754. The molecule has 1 amide bonds. The molecule has 2 saturated heterocycles. The second-order valence-electron chi connectivity index (χ2n) is 7.88. The van der Waals surface area contributed by atoms with Crippen LogP contribution in [0.15, 0.2) is 0 Å². The second-order valence-corrected chi connectivity index (χ2v) is 7.88. The second kappa shape index (κ2) is 8.61. The number of hydrogen-bond acceptors (Lipinski definition) is 5. The van der Waals surface area contributed by atoms with Crippen molar-refractivity contribution in [3.8, 4) is 0 Å². The normalized spacial score (nSPS) is 29.6. The van der Waals surface area contributed by atoms with E-state index < -0.39 is 6.10 Å². The van der Waals surface area contributed by atoms with Gasteiger partial charge >= 0.3 is 0 Å². The smallest absolute Gasteiger partial charge is 0.239 e. The third-order valence-electron chi connectivity index (χ3n) is 5.75. The van der Waals surface area contributed by atoms with Gasteiger partial charge in [-0.05, 0) is 40.7 Å². The van der Waals surface area contributed by atoms with Crippen molar-refractivity contribution in [1.82, 2.24) is 19.6 Å². The van der Waals surface area contributed by atoms with E-state index in [1.807, 2.05) is 14.0 Å².